The van der Waals surface area contributed by atoms with Crippen molar-refractivity contribution in [2.24, 2.45) is 7.05 Å². The first-order valence-corrected chi connectivity index (χ1v) is 11.5. The van der Waals surface area contributed by atoms with Gasteiger partial charge in [-0.2, -0.15) is 5.10 Å². The molecule has 2 aliphatic rings. The van der Waals surface area contributed by atoms with Crippen LogP contribution in [0.2, 0.25) is 0 Å². The lowest BCUT2D eigenvalue weighted by Gasteiger charge is -2.36. The van der Waals surface area contributed by atoms with Crippen LogP contribution in [0.15, 0.2) is 11.2 Å². The molecule has 0 radical (unpaired) electrons. The van der Waals surface area contributed by atoms with Crippen molar-refractivity contribution in [3.63, 3.8) is 0 Å². The fourth-order valence-corrected chi connectivity index (χ4v) is 4.56. The van der Waals surface area contributed by atoms with E-state index in [1.807, 2.05) is 0 Å². The molecule has 2 aromatic rings. The first kappa shape index (κ1) is 19.7. The van der Waals surface area contributed by atoms with Gasteiger partial charge in [0, 0.05) is 51.3 Å². The summed E-state index contributed by atoms with van der Waals surface area (Å²) in [7, 11) is 2.10. The number of anilines is 1. The standard InChI is InChI=1S/C21H32N6S/c1-21(2,3)18-13-19(23-20(22-18)28-5)27-11-9-26(10-12-27)14-17-15-7-6-8-16(15)24-25(17)4/h13H,6-12,14H2,1-5H3. The topological polar surface area (TPSA) is 50.1 Å². The van der Waals surface area contributed by atoms with E-state index < -0.39 is 0 Å². The number of rotatable bonds is 4. The Balaban J connectivity index is 1.45. The Kier molecular flexibility index (Phi) is 5.40. The molecule has 1 aliphatic carbocycles. The van der Waals surface area contributed by atoms with Crippen molar-refractivity contribution >= 4 is 17.6 Å². The first-order valence-electron chi connectivity index (χ1n) is 10.3. The lowest BCUT2D eigenvalue weighted by Crippen LogP contribution is -2.46. The minimum absolute atomic E-state index is 0.0316. The van der Waals surface area contributed by atoms with Gasteiger partial charge in [0.25, 0.3) is 0 Å². The van der Waals surface area contributed by atoms with E-state index in [2.05, 4.69) is 54.6 Å². The molecule has 2 aromatic heterocycles. The number of hydrogen-bond donors (Lipinski definition) is 0. The SMILES string of the molecule is CSc1nc(N2CCN(Cc3c4c(nn3C)CCC4)CC2)cc(C(C)(C)C)n1. The summed E-state index contributed by atoms with van der Waals surface area (Å²) in [6, 6.07) is 2.18. The molecule has 1 fully saturated rings. The normalized spacial score (nSPS) is 18.0. The minimum atomic E-state index is 0.0316. The maximum Gasteiger partial charge on any atom is 0.189 e. The predicted octanol–water partition coefficient (Wildman–Crippen LogP) is 3.04. The summed E-state index contributed by atoms with van der Waals surface area (Å²) in [5.41, 5.74) is 5.41. The van der Waals surface area contributed by atoms with Gasteiger partial charge in [0.2, 0.25) is 0 Å². The van der Waals surface area contributed by atoms with Crippen LogP contribution in [-0.2, 0) is 31.8 Å². The van der Waals surface area contributed by atoms with Crippen LogP contribution in [0, 0.1) is 0 Å². The van der Waals surface area contributed by atoms with Crippen LogP contribution in [0.5, 0.6) is 0 Å². The van der Waals surface area contributed by atoms with Gasteiger partial charge in [-0.3, -0.25) is 9.58 Å². The van der Waals surface area contributed by atoms with E-state index in [0.717, 1.165) is 55.8 Å². The molecule has 1 aliphatic heterocycles. The van der Waals surface area contributed by atoms with Crippen LogP contribution < -0.4 is 4.90 Å². The summed E-state index contributed by atoms with van der Waals surface area (Å²) >= 11 is 1.62. The highest BCUT2D eigenvalue weighted by atomic mass is 32.2. The third kappa shape index (κ3) is 3.92. The largest absolute Gasteiger partial charge is 0.354 e. The minimum Gasteiger partial charge on any atom is -0.354 e. The van der Waals surface area contributed by atoms with E-state index in [1.54, 1.807) is 11.8 Å². The molecular formula is C21H32N6S. The van der Waals surface area contributed by atoms with Gasteiger partial charge in [-0.15, -0.1) is 0 Å². The molecule has 0 amide bonds. The smallest absolute Gasteiger partial charge is 0.189 e. The molecule has 0 saturated carbocycles. The summed E-state index contributed by atoms with van der Waals surface area (Å²) in [5.74, 6) is 1.07. The third-order valence-corrected chi connectivity index (χ3v) is 6.46. The van der Waals surface area contributed by atoms with Gasteiger partial charge in [-0.1, -0.05) is 32.5 Å². The number of aryl methyl sites for hydroxylation is 2. The zero-order valence-electron chi connectivity index (χ0n) is 17.8. The molecule has 0 atom stereocenters. The maximum atomic E-state index is 4.80. The summed E-state index contributed by atoms with van der Waals surface area (Å²) in [6.45, 7) is 11.8. The number of hydrogen-bond acceptors (Lipinski definition) is 6. The van der Waals surface area contributed by atoms with Crippen LogP contribution in [-0.4, -0.2) is 57.1 Å². The first-order chi connectivity index (χ1) is 13.3. The average molecular weight is 401 g/mol. The molecule has 3 heterocycles. The van der Waals surface area contributed by atoms with Crippen molar-refractivity contribution < 1.29 is 0 Å². The van der Waals surface area contributed by atoms with E-state index in [4.69, 9.17) is 15.1 Å². The van der Waals surface area contributed by atoms with Crippen molar-refractivity contribution in [2.45, 2.75) is 57.1 Å². The van der Waals surface area contributed by atoms with Crippen molar-refractivity contribution in [1.29, 1.82) is 0 Å². The van der Waals surface area contributed by atoms with Crippen molar-refractivity contribution in [1.82, 2.24) is 24.6 Å². The van der Waals surface area contributed by atoms with E-state index in [1.165, 1.54) is 29.8 Å². The van der Waals surface area contributed by atoms with Crippen LogP contribution in [0.4, 0.5) is 5.82 Å². The second-order valence-electron chi connectivity index (χ2n) is 8.96. The van der Waals surface area contributed by atoms with Crippen molar-refractivity contribution in [3.8, 4) is 0 Å². The highest BCUT2D eigenvalue weighted by Gasteiger charge is 2.26. The van der Waals surface area contributed by atoms with E-state index in [0.29, 0.717) is 0 Å². The number of nitrogens with zero attached hydrogens (tertiary/aromatic N) is 6. The molecule has 6 nitrogen and oxygen atoms in total. The van der Waals surface area contributed by atoms with Gasteiger partial charge in [0.05, 0.1) is 17.1 Å². The number of thioether (sulfide) groups is 1. The molecule has 0 bridgehead atoms. The Morgan fingerprint density at radius 2 is 1.82 bits per heavy atom. The Hall–Kier alpha value is -1.60. The van der Waals surface area contributed by atoms with Gasteiger partial charge in [-0.25, -0.2) is 9.97 Å². The number of aromatic nitrogens is 4. The Bertz CT molecular complexity index is 845. The van der Waals surface area contributed by atoms with Gasteiger partial charge in [-0.05, 0) is 31.1 Å². The fourth-order valence-electron chi connectivity index (χ4n) is 4.18. The van der Waals surface area contributed by atoms with Crippen LogP contribution in [0.25, 0.3) is 0 Å². The monoisotopic (exact) mass is 400 g/mol. The predicted molar refractivity (Wildman–Crippen MR) is 115 cm³/mol. The van der Waals surface area contributed by atoms with Crippen LogP contribution >= 0.6 is 11.8 Å². The van der Waals surface area contributed by atoms with E-state index >= 15 is 0 Å². The number of piperazine rings is 1. The molecule has 1 saturated heterocycles. The molecule has 0 N–H and O–H groups in total. The van der Waals surface area contributed by atoms with E-state index in [9.17, 15) is 0 Å². The maximum absolute atomic E-state index is 4.80. The van der Waals surface area contributed by atoms with Gasteiger partial charge < -0.3 is 4.90 Å². The average Bonchev–Trinajstić information content (AvgIpc) is 3.23. The number of fused-ring (bicyclic) bond motifs is 1. The molecule has 0 spiro atoms. The molecule has 0 unspecified atom stereocenters. The second kappa shape index (κ2) is 7.67. The Labute approximate surface area is 172 Å². The summed E-state index contributed by atoms with van der Waals surface area (Å²) in [4.78, 5) is 14.5. The van der Waals surface area contributed by atoms with E-state index in [-0.39, 0.29) is 5.41 Å². The van der Waals surface area contributed by atoms with Gasteiger partial charge in [0.15, 0.2) is 5.16 Å². The second-order valence-corrected chi connectivity index (χ2v) is 9.73. The van der Waals surface area contributed by atoms with Gasteiger partial charge in [0.1, 0.15) is 5.82 Å². The molecule has 0 aromatic carbocycles. The zero-order valence-corrected chi connectivity index (χ0v) is 18.6. The summed E-state index contributed by atoms with van der Waals surface area (Å²) in [5, 5.41) is 5.60. The molecular weight excluding hydrogens is 368 g/mol. The van der Waals surface area contributed by atoms with Crippen molar-refractivity contribution in [2.75, 3.05) is 37.3 Å². The Morgan fingerprint density at radius 1 is 1.07 bits per heavy atom. The molecule has 7 heteroatoms. The Morgan fingerprint density at radius 3 is 2.50 bits per heavy atom. The highest BCUT2D eigenvalue weighted by Crippen LogP contribution is 2.28. The molecule has 4 rings (SSSR count). The fraction of sp³-hybridized carbons (Fsp3) is 0.667. The molecule has 28 heavy (non-hydrogen) atoms. The highest BCUT2D eigenvalue weighted by molar-refractivity contribution is 7.98. The summed E-state index contributed by atoms with van der Waals surface area (Å²) in [6.07, 6.45) is 5.67. The summed E-state index contributed by atoms with van der Waals surface area (Å²) < 4.78 is 2.11. The van der Waals surface area contributed by atoms with Crippen LogP contribution in [0.3, 0.4) is 0 Å². The van der Waals surface area contributed by atoms with Gasteiger partial charge >= 0.3 is 0 Å². The van der Waals surface area contributed by atoms with Crippen molar-refractivity contribution in [3.05, 3.63) is 28.7 Å². The molecule has 152 valence electrons. The van der Waals surface area contributed by atoms with Crippen LogP contribution in [0.1, 0.15) is 49.8 Å². The third-order valence-electron chi connectivity index (χ3n) is 5.91. The zero-order chi connectivity index (χ0) is 19.9. The quantitative estimate of drug-likeness (QED) is 0.581. The lowest BCUT2D eigenvalue weighted by molar-refractivity contribution is 0.242. The lowest BCUT2D eigenvalue weighted by atomic mass is 9.92.